The quantitative estimate of drug-likeness (QED) is 0.476. The van der Waals surface area contributed by atoms with Crippen molar-refractivity contribution in [2.24, 2.45) is 0 Å². The number of methoxy groups -OCH3 is 2. The Kier molecular flexibility index (Phi) is 7.20. The lowest BCUT2D eigenvalue weighted by Gasteiger charge is -2.22. The second kappa shape index (κ2) is 9.84. The SMILES string of the molecule is COc1ccc(CN(Cc2ccc(OC)cc2)S(=O)(=O)Oc2cccc(Cl)c2)cc1. The highest BCUT2D eigenvalue weighted by molar-refractivity contribution is 7.84. The predicted octanol–water partition coefficient (Wildman–Crippen LogP) is 4.68. The minimum absolute atomic E-state index is 0.124. The largest absolute Gasteiger partial charge is 0.497 e. The average molecular weight is 448 g/mol. The summed E-state index contributed by atoms with van der Waals surface area (Å²) in [6.45, 7) is 0.248. The number of hydrogen-bond acceptors (Lipinski definition) is 5. The fraction of sp³-hybridized carbons (Fsp3) is 0.182. The molecule has 0 aliphatic heterocycles. The predicted molar refractivity (Wildman–Crippen MR) is 116 cm³/mol. The van der Waals surface area contributed by atoms with Crippen LogP contribution in [0.3, 0.4) is 0 Å². The van der Waals surface area contributed by atoms with Gasteiger partial charge in [-0.3, -0.25) is 0 Å². The summed E-state index contributed by atoms with van der Waals surface area (Å²) >= 11 is 5.96. The molecular weight excluding hydrogens is 426 g/mol. The molecule has 0 aliphatic rings. The van der Waals surface area contributed by atoms with E-state index in [-0.39, 0.29) is 18.8 Å². The number of nitrogens with zero attached hydrogens (tertiary/aromatic N) is 1. The Balaban J connectivity index is 1.87. The van der Waals surface area contributed by atoms with Crippen LogP contribution in [0.15, 0.2) is 72.8 Å². The van der Waals surface area contributed by atoms with Gasteiger partial charge in [-0.25, -0.2) is 0 Å². The monoisotopic (exact) mass is 447 g/mol. The van der Waals surface area contributed by atoms with Crippen LogP contribution < -0.4 is 13.7 Å². The first-order chi connectivity index (χ1) is 14.4. The van der Waals surface area contributed by atoms with E-state index in [9.17, 15) is 8.42 Å². The van der Waals surface area contributed by atoms with Crippen LogP contribution >= 0.6 is 11.6 Å². The van der Waals surface area contributed by atoms with Gasteiger partial charge in [0.1, 0.15) is 17.2 Å². The van der Waals surface area contributed by atoms with Crippen molar-refractivity contribution in [1.82, 2.24) is 4.31 Å². The van der Waals surface area contributed by atoms with E-state index in [1.54, 1.807) is 56.7 Å². The van der Waals surface area contributed by atoms with Gasteiger partial charge in [0, 0.05) is 24.2 Å². The average Bonchev–Trinajstić information content (AvgIpc) is 2.74. The zero-order chi connectivity index (χ0) is 21.6. The molecule has 0 spiro atoms. The summed E-state index contributed by atoms with van der Waals surface area (Å²) < 4.78 is 43.1. The Morgan fingerprint density at radius 2 is 1.27 bits per heavy atom. The Labute approximate surface area is 181 Å². The maximum Gasteiger partial charge on any atom is 0.385 e. The first-order valence-corrected chi connectivity index (χ1v) is 10.8. The van der Waals surface area contributed by atoms with Crippen LogP contribution in [0.5, 0.6) is 17.2 Å². The van der Waals surface area contributed by atoms with Gasteiger partial charge in [-0.1, -0.05) is 41.9 Å². The number of hydrogen-bond donors (Lipinski definition) is 0. The van der Waals surface area contributed by atoms with Gasteiger partial charge in [-0.05, 0) is 47.5 Å². The van der Waals surface area contributed by atoms with Crippen LogP contribution in [0.1, 0.15) is 11.1 Å². The molecule has 0 bridgehead atoms. The number of ether oxygens (including phenoxy) is 2. The van der Waals surface area contributed by atoms with E-state index in [2.05, 4.69) is 0 Å². The van der Waals surface area contributed by atoms with Gasteiger partial charge in [-0.15, -0.1) is 0 Å². The fourth-order valence-electron chi connectivity index (χ4n) is 2.78. The minimum atomic E-state index is -4.11. The molecule has 158 valence electrons. The summed E-state index contributed by atoms with van der Waals surface area (Å²) in [5.74, 6) is 1.54. The molecule has 0 atom stereocenters. The van der Waals surface area contributed by atoms with Crippen molar-refractivity contribution in [3.8, 4) is 17.2 Å². The second-order valence-corrected chi connectivity index (χ2v) is 8.44. The molecule has 0 heterocycles. The van der Waals surface area contributed by atoms with Gasteiger partial charge >= 0.3 is 10.3 Å². The Hall–Kier alpha value is -2.74. The molecular formula is C22H22ClNO5S. The van der Waals surface area contributed by atoms with Gasteiger partial charge in [0.2, 0.25) is 0 Å². The molecule has 0 saturated carbocycles. The summed E-state index contributed by atoms with van der Waals surface area (Å²) in [6, 6.07) is 20.7. The van der Waals surface area contributed by atoms with E-state index < -0.39 is 10.3 Å². The van der Waals surface area contributed by atoms with Gasteiger partial charge in [-0.2, -0.15) is 12.7 Å². The highest BCUT2D eigenvalue weighted by atomic mass is 35.5. The number of halogens is 1. The van der Waals surface area contributed by atoms with Crippen molar-refractivity contribution in [3.05, 3.63) is 88.9 Å². The molecule has 0 amide bonds. The van der Waals surface area contributed by atoms with Crippen LogP contribution in [0.25, 0.3) is 0 Å². The molecule has 0 unspecified atom stereocenters. The van der Waals surface area contributed by atoms with Crippen molar-refractivity contribution < 1.29 is 22.1 Å². The van der Waals surface area contributed by atoms with E-state index in [1.165, 1.54) is 10.4 Å². The van der Waals surface area contributed by atoms with Crippen LogP contribution in [0.4, 0.5) is 0 Å². The third-order valence-corrected chi connectivity index (χ3v) is 5.88. The Morgan fingerprint density at radius 1 is 0.767 bits per heavy atom. The maximum absolute atomic E-state index is 13.1. The van der Waals surface area contributed by atoms with Crippen molar-refractivity contribution >= 4 is 21.9 Å². The molecule has 6 nitrogen and oxygen atoms in total. The Bertz CT molecular complexity index is 1020. The van der Waals surface area contributed by atoms with Crippen molar-refractivity contribution in [1.29, 1.82) is 0 Å². The summed E-state index contributed by atoms with van der Waals surface area (Å²) in [6.07, 6.45) is 0. The third-order valence-electron chi connectivity index (χ3n) is 4.35. The zero-order valence-electron chi connectivity index (χ0n) is 16.6. The van der Waals surface area contributed by atoms with Crippen molar-refractivity contribution in [2.75, 3.05) is 14.2 Å². The van der Waals surface area contributed by atoms with Crippen molar-refractivity contribution in [2.45, 2.75) is 13.1 Å². The van der Waals surface area contributed by atoms with E-state index >= 15 is 0 Å². The highest BCUT2D eigenvalue weighted by Crippen LogP contribution is 2.23. The smallest absolute Gasteiger partial charge is 0.385 e. The van der Waals surface area contributed by atoms with Gasteiger partial charge in [0.15, 0.2) is 0 Å². The minimum Gasteiger partial charge on any atom is -0.497 e. The van der Waals surface area contributed by atoms with Gasteiger partial charge in [0.05, 0.1) is 14.2 Å². The molecule has 0 N–H and O–H groups in total. The van der Waals surface area contributed by atoms with E-state index in [0.29, 0.717) is 16.5 Å². The van der Waals surface area contributed by atoms with Gasteiger partial charge < -0.3 is 13.7 Å². The molecule has 0 aliphatic carbocycles. The van der Waals surface area contributed by atoms with Crippen LogP contribution in [0, 0.1) is 0 Å². The topological polar surface area (TPSA) is 65.1 Å². The van der Waals surface area contributed by atoms with Crippen molar-refractivity contribution in [3.63, 3.8) is 0 Å². The number of benzene rings is 3. The first kappa shape index (κ1) is 22.0. The Morgan fingerprint density at radius 3 is 1.70 bits per heavy atom. The van der Waals surface area contributed by atoms with Crippen LogP contribution in [-0.4, -0.2) is 26.9 Å². The first-order valence-electron chi connectivity index (χ1n) is 9.10. The molecule has 30 heavy (non-hydrogen) atoms. The molecule has 0 fully saturated rings. The molecule has 0 saturated heterocycles. The number of rotatable bonds is 9. The molecule has 3 aromatic carbocycles. The standard InChI is InChI=1S/C22H22ClNO5S/c1-27-20-10-6-17(7-11-20)15-24(16-18-8-12-21(28-2)13-9-18)30(25,26)29-22-5-3-4-19(23)14-22/h3-14H,15-16H2,1-2H3. The maximum atomic E-state index is 13.1. The lowest BCUT2D eigenvalue weighted by Crippen LogP contribution is -2.33. The molecule has 8 heteroatoms. The van der Waals surface area contributed by atoms with Crippen LogP contribution in [-0.2, 0) is 23.4 Å². The fourth-order valence-corrected chi connectivity index (χ4v) is 4.02. The molecule has 3 aromatic rings. The van der Waals surface area contributed by atoms with E-state index in [4.69, 9.17) is 25.3 Å². The lowest BCUT2D eigenvalue weighted by atomic mass is 10.2. The van der Waals surface area contributed by atoms with Gasteiger partial charge in [0.25, 0.3) is 0 Å². The summed E-state index contributed by atoms with van der Waals surface area (Å²) in [4.78, 5) is 0. The lowest BCUT2D eigenvalue weighted by molar-refractivity contribution is 0.345. The molecule has 0 radical (unpaired) electrons. The molecule has 0 aromatic heterocycles. The normalized spacial score (nSPS) is 11.3. The van der Waals surface area contributed by atoms with Crippen LogP contribution in [0.2, 0.25) is 5.02 Å². The second-order valence-electron chi connectivity index (χ2n) is 6.46. The zero-order valence-corrected chi connectivity index (χ0v) is 18.2. The third kappa shape index (κ3) is 5.89. The van der Waals surface area contributed by atoms with E-state index in [0.717, 1.165) is 11.1 Å². The summed E-state index contributed by atoms with van der Waals surface area (Å²) in [7, 11) is -0.952. The van der Waals surface area contributed by atoms with E-state index in [1.807, 2.05) is 24.3 Å². The summed E-state index contributed by atoms with van der Waals surface area (Å²) in [5, 5.41) is 0.388. The highest BCUT2D eigenvalue weighted by Gasteiger charge is 2.25. The summed E-state index contributed by atoms with van der Waals surface area (Å²) in [5.41, 5.74) is 1.59. The molecule has 3 rings (SSSR count).